The molecule has 0 atom stereocenters. The number of hydrogen-bond acceptors (Lipinski definition) is 4. The molecule has 3 N–H and O–H groups in total. The number of alkyl halides is 2. The van der Waals surface area contributed by atoms with Gasteiger partial charge in [-0.05, 0) is 12.1 Å². The molecule has 0 radical (unpaired) electrons. The molecule has 0 aliphatic rings. The molecule has 114 valence electrons. The second kappa shape index (κ2) is 7.58. The van der Waals surface area contributed by atoms with E-state index in [9.17, 15) is 21.6 Å². The molecule has 0 aliphatic heterocycles. The molecule has 1 rings (SSSR count). The maximum absolute atomic E-state index is 13.4. The van der Waals surface area contributed by atoms with E-state index in [2.05, 4.69) is 9.46 Å². The highest BCUT2D eigenvalue weighted by atomic mass is 32.2. The quantitative estimate of drug-likeness (QED) is 0.697. The van der Waals surface area contributed by atoms with Gasteiger partial charge in [-0.25, -0.2) is 26.3 Å². The van der Waals surface area contributed by atoms with Crippen LogP contribution in [0.2, 0.25) is 0 Å². The zero-order valence-electron chi connectivity index (χ0n) is 10.5. The van der Waals surface area contributed by atoms with Crippen LogP contribution in [-0.4, -0.2) is 34.6 Å². The third-order valence-electron chi connectivity index (χ3n) is 2.35. The maximum atomic E-state index is 13.4. The number of rotatable bonds is 8. The zero-order chi connectivity index (χ0) is 15.2. The molecule has 20 heavy (non-hydrogen) atoms. The Balaban J connectivity index is 2.68. The zero-order valence-corrected chi connectivity index (χ0v) is 11.3. The number of sulfonamides is 1. The Hall–Kier alpha value is -1.16. The standard InChI is InChI=1S/C11H15F3N2O3S/c12-9-2-1-3-10(8(9)6-15)20(17,18)16-4-5-19-7-11(13)14/h1-3,11,16H,4-7,15H2. The van der Waals surface area contributed by atoms with Crippen molar-refractivity contribution in [2.24, 2.45) is 5.73 Å². The molecule has 1 aromatic carbocycles. The highest BCUT2D eigenvalue weighted by Gasteiger charge is 2.19. The van der Waals surface area contributed by atoms with E-state index in [1.165, 1.54) is 12.1 Å². The van der Waals surface area contributed by atoms with Gasteiger partial charge < -0.3 is 10.5 Å². The molecule has 0 unspecified atom stereocenters. The van der Waals surface area contributed by atoms with Crippen molar-refractivity contribution in [3.8, 4) is 0 Å². The number of halogens is 3. The minimum absolute atomic E-state index is 0.131. The molecule has 0 saturated heterocycles. The maximum Gasteiger partial charge on any atom is 0.261 e. The summed E-state index contributed by atoms with van der Waals surface area (Å²) in [6.45, 7) is -1.45. The highest BCUT2D eigenvalue weighted by Crippen LogP contribution is 2.18. The van der Waals surface area contributed by atoms with E-state index in [-0.39, 0.29) is 30.2 Å². The summed E-state index contributed by atoms with van der Waals surface area (Å²) in [5.74, 6) is -0.718. The van der Waals surface area contributed by atoms with Gasteiger partial charge in [-0.15, -0.1) is 0 Å². The smallest absolute Gasteiger partial charge is 0.261 e. The third-order valence-corrected chi connectivity index (χ3v) is 3.90. The fraction of sp³-hybridized carbons (Fsp3) is 0.455. The molecular weight excluding hydrogens is 297 g/mol. The van der Waals surface area contributed by atoms with Crippen LogP contribution in [0.1, 0.15) is 5.56 Å². The van der Waals surface area contributed by atoms with E-state index in [0.717, 1.165) is 6.07 Å². The molecule has 0 spiro atoms. The van der Waals surface area contributed by atoms with E-state index in [0.29, 0.717) is 0 Å². The molecule has 5 nitrogen and oxygen atoms in total. The predicted molar refractivity (Wildman–Crippen MR) is 66.3 cm³/mol. The lowest BCUT2D eigenvalue weighted by molar-refractivity contribution is 0.0199. The Morgan fingerprint density at radius 2 is 2.05 bits per heavy atom. The van der Waals surface area contributed by atoms with Crippen LogP contribution in [0, 0.1) is 5.82 Å². The van der Waals surface area contributed by atoms with Crippen LogP contribution in [0.15, 0.2) is 23.1 Å². The minimum atomic E-state index is -3.96. The lowest BCUT2D eigenvalue weighted by atomic mass is 10.2. The molecular formula is C11H15F3N2O3S. The van der Waals surface area contributed by atoms with Crippen LogP contribution in [0.3, 0.4) is 0 Å². The molecule has 1 aromatic rings. The topological polar surface area (TPSA) is 81.4 Å². The summed E-state index contributed by atoms with van der Waals surface area (Å²) in [5.41, 5.74) is 5.19. The minimum Gasteiger partial charge on any atom is -0.374 e. The lowest BCUT2D eigenvalue weighted by Crippen LogP contribution is -2.29. The fourth-order valence-electron chi connectivity index (χ4n) is 1.49. The molecule has 0 heterocycles. The van der Waals surface area contributed by atoms with Gasteiger partial charge >= 0.3 is 0 Å². The van der Waals surface area contributed by atoms with Gasteiger partial charge in [0.2, 0.25) is 10.0 Å². The average molecular weight is 312 g/mol. The van der Waals surface area contributed by atoms with Crippen molar-refractivity contribution in [1.29, 1.82) is 0 Å². The van der Waals surface area contributed by atoms with Gasteiger partial charge in [0, 0.05) is 18.7 Å². The van der Waals surface area contributed by atoms with Gasteiger partial charge in [-0.3, -0.25) is 0 Å². The van der Waals surface area contributed by atoms with Gasteiger partial charge in [-0.1, -0.05) is 6.07 Å². The Labute approximate surface area is 115 Å². The second-order valence-electron chi connectivity index (χ2n) is 3.78. The first-order chi connectivity index (χ1) is 9.38. The van der Waals surface area contributed by atoms with Gasteiger partial charge in [0.15, 0.2) is 0 Å². The third kappa shape index (κ3) is 4.75. The predicted octanol–water partition coefficient (Wildman–Crippen LogP) is 0.844. The van der Waals surface area contributed by atoms with Crippen molar-refractivity contribution < 1.29 is 26.3 Å². The fourth-order valence-corrected chi connectivity index (χ4v) is 2.76. The average Bonchev–Trinajstić information content (AvgIpc) is 2.37. The van der Waals surface area contributed by atoms with Crippen molar-refractivity contribution in [2.75, 3.05) is 19.8 Å². The van der Waals surface area contributed by atoms with E-state index in [1.807, 2.05) is 0 Å². The first kappa shape index (κ1) is 16.9. The molecule has 9 heteroatoms. The van der Waals surface area contributed by atoms with Gasteiger partial charge in [0.25, 0.3) is 6.43 Å². The SMILES string of the molecule is NCc1c(F)cccc1S(=O)(=O)NCCOCC(F)F. The van der Waals surface area contributed by atoms with E-state index in [4.69, 9.17) is 5.73 Å². The number of nitrogens with one attached hydrogen (secondary N) is 1. The highest BCUT2D eigenvalue weighted by molar-refractivity contribution is 7.89. The normalized spacial score (nSPS) is 12.1. The molecule has 0 amide bonds. The van der Waals surface area contributed by atoms with Crippen molar-refractivity contribution in [3.63, 3.8) is 0 Å². The first-order valence-electron chi connectivity index (χ1n) is 5.71. The Bertz CT molecular complexity index is 538. The Morgan fingerprint density at radius 1 is 1.35 bits per heavy atom. The number of ether oxygens (including phenoxy) is 1. The van der Waals surface area contributed by atoms with Gasteiger partial charge in [0.1, 0.15) is 12.4 Å². The second-order valence-corrected chi connectivity index (χ2v) is 5.52. The largest absolute Gasteiger partial charge is 0.374 e. The molecule has 0 saturated carbocycles. The summed E-state index contributed by atoms with van der Waals surface area (Å²) in [6, 6.07) is 3.57. The number of hydrogen-bond donors (Lipinski definition) is 2. The van der Waals surface area contributed by atoms with E-state index < -0.39 is 28.9 Å². The number of benzene rings is 1. The van der Waals surface area contributed by atoms with Crippen LogP contribution in [-0.2, 0) is 21.3 Å². The Morgan fingerprint density at radius 3 is 2.65 bits per heavy atom. The van der Waals surface area contributed by atoms with Gasteiger partial charge in [0.05, 0.1) is 11.5 Å². The van der Waals surface area contributed by atoms with Crippen LogP contribution in [0.4, 0.5) is 13.2 Å². The molecule has 0 bridgehead atoms. The molecule has 0 fully saturated rings. The summed E-state index contributed by atoms with van der Waals surface area (Å²) in [4.78, 5) is -0.270. The summed E-state index contributed by atoms with van der Waals surface area (Å²) in [7, 11) is -3.96. The number of nitrogens with two attached hydrogens (primary N) is 1. The lowest BCUT2D eigenvalue weighted by Gasteiger charge is -2.11. The monoisotopic (exact) mass is 312 g/mol. The van der Waals surface area contributed by atoms with Crippen LogP contribution in [0.25, 0.3) is 0 Å². The van der Waals surface area contributed by atoms with E-state index >= 15 is 0 Å². The summed E-state index contributed by atoms with van der Waals surface area (Å²) >= 11 is 0. The summed E-state index contributed by atoms with van der Waals surface area (Å²) in [6.07, 6.45) is -2.61. The van der Waals surface area contributed by atoms with Crippen molar-refractivity contribution in [2.45, 2.75) is 17.9 Å². The van der Waals surface area contributed by atoms with E-state index in [1.54, 1.807) is 0 Å². The van der Waals surface area contributed by atoms with Crippen LogP contribution < -0.4 is 10.5 Å². The van der Waals surface area contributed by atoms with Crippen LogP contribution >= 0.6 is 0 Å². The van der Waals surface area contributed by atoms with Gasteiger partial charge in [-0.2, -0.15) is 0 Å². The summed E-state index contributed by atoms with van der Waals surface area (Å²) in [5, 5.41) is 0. The van der Waals surface area contributed by atoms with Crippen molar-refractivity contribution in [1.82, 2.24) is 4.72 Å². The molecule has 0 aliphatic carbocycles. The first-order valence-corrected chi connectivity index (χ1v) is 7.20. The Kier molecular flexibility index (Phi) is 6.40. The van der Waals surface area contributed by atoms with Crippen LogP contribution in [0.5, 0.6) is 0 Å². The summed E-state index contributed by atoms with van der Waals surface area (Å²) < 4.78 is 67.5. The van der Waals surface area contributed by atoms with Crippen molar-refractivity contribution >= 4 is 10.0 Å². The van der Waals surface area contributed by atoms with Crippen molar-refractivity contribution in [3.05, 3.63) is 29.6 Å². The molecule has 0 aromatic heterocycles.